The van der Waals surface area contributed by atoms with Crippen LogP contribution in [0.1, 0.15) is 24.5 Å². The lowest BCUT2D eigenvalue weighted by Crippen LogP contribution is -2.49. The molecule has 0 aliphatic heterocycles. The number of hydrogen-bond donors (Lipinski definition) is 1. The Morgan fingerprint density at radius 2 is 1.79 bits per heavy atom. The van der Waals surface area contributed by atoms with Crippen molar-refractivity contribution >= 4 is 33.4 Å². The lowest BCUT2D eigenvalue weighted by Gasteiger charge is -2.30. The Balaban J connectivity index is 2.09. The summed E-state index contributed by atoms with van der Waals surface area (Å²) in [5.41, 5.74) is 2.58. The number of aryl methyl sites for hydroxylation is 2. The van der Waals surface area contributed by atoms with Crippen molar-refractivity contribution in [2.75, 3.05) is 22.9 Å². The fraction of sp³-hybridized carbons (Fsp3) is 0.381. The quantitative estimate of drug-likeness (QED) is 0.496. The first kappa shape index (κ1) is 22.3. The van der Waals surface area contributed by atoms with Gasteiger partial charge in [0, 0.05) is 17.2 Å². The van der Waals surface area contributed by atoms with E-state index < -0.39 is 16.1 Å². The molecule has 28 heavy (non-hydrogen) atoms. The summed E-state index contributed by atoms with van der Waals surface area (Å²) in [7, 11) is -3.61. The van der Waals surface area contributed by atoms with Crippen LogP contribution in [-0.4, -0.2) is 38.9 Å². The van der Waals surface area contributed by atoms with Crippen LogP contribution in [0.4, 0.5) is 5.69 Å². The molecule has 5 nitrogen and oxygen atoms in total. The van der Waals surface area contributed by atoms with E-state index in [2.05, 4.69) is 5.32 Å². The van der Waals surface area contributed by atoms with Gasteiger partial charge in [0.2, 0.25) is 15.9 Å². The van der Waals surface area contributed by atoms with Crippen LogP contribution in [0.2, 0.25) is 0 Å². The van der Waals surface area contributed by atoms with Gasteiger partial charge in [-0.2, -0.15) is 0 Å². The summed E-state index contributed by atoms with van der Waals surface area (Å²) in [5.74, 6) is 0.439. The number of carbonyl (C=O) groups excluding carboxylic acids is 1. The van der Waals surface area contributed by atoms with Crippen molar-refractivity contribution in [1.82, 2.24) is 5.32 Å². The lowest BCUT2D eigenvalue weighted by atomic mass is 10.1. The van der Waals surface area contributed by atoms with E-state index in [1.54, 1.807) is 17.8 Å². The molecule has 7 heteroatoms. The van der Waals surface area contributed by atoms with Gasteiger partial charge in [0.1, 0.15) is 6.04 Å². The molecule has 0 heterocycles. The fourth-order valence-electron chi connectivity index (χ4n) is 2.90. The van der Waals surface area contributed by atoms with Gasteiger partial charge in [-0.1, -0.05) is 31.2 Å². The molecule has 0 aromatic heterocycles. The zero-order valence-electron chi connectivity index (χ0n) is 16.8. The summed E-state index contributed by atoms with van der Waals surface area (Å²) < 4.78 is 26.2. The summed E-state index contributed by atoms with van der Waals surface area (Å²) >= 11 is 1.65. The molecule has 152 valence electrons. The number of nitrogens with zero attached hydrogens (tertiary/aromatic N) is 1. The highest BCUT2D eigenvalue weighted by molar-refractivity contribution is 7.99. The molecule has 2 aromatic carbocycles. The normalized spacial score (nSPS) is 12.4. The molecular formula is C21H28N2O3S2. The van der Waals surface area contributed by atoms with Crippen LogP contribution >= 0.6 is 11.8 Å². The Morgan fingerprint density at radius 1 is 1.11 bits per heavy atom. The molecule has 0 saturated carbocycles. The van der Waals surface area contributed by atoms with Crippen LogP contribution in [-0.2, 0) is 14.8 Å². The Hall–Kier alpha value is -1.99. The van der Waals surface area contributed by atoms with E-state index in [1.165, 1.54) is 4.31 Å². The van der Waals surface area contributed by atoms with Gasteiger partial charge in [-0.3, -0.25) is 9.10 Å². The van der Waals surface area contributed by atoms with Gasteiger partial charge in [-0.05, 0) is 55.7 Å². The molecule has 0 aliphatic carbocycles. The zero-order chi connectivity index (χ0) is 20.7. The Kier molecular flexibility index (Phi) is 7.95. The standard InChI is InChI=1S/C21H28N2O3S2/c1-5-20(21(24)22-13-14-27-19-9-7-6-8-10-19)23(28(4,25)26)18-12-11-16(2)17(3)15-18/h6-12,15,20H,5,13-14H2,1-4H3,(H,22,24)/t20-/m0/s1. The van der Waals surface area contributed by atoms with Crippen molar-refractivity contribution in [2.24, 2.45) is 0 Å². The smallest absolute Gasteiger partial charge is 0.243 e. The number of benzene rings is 2. The highest BCUT2D eigenvalue weighted by atomic mass is 32.2. The molecule has 2 rings (SSSR count). The van der Waals surface area contributed by atoms with Gasteiger partial charge >= 0.3 is 0 Å². The van der Waals surface area contributed by atoms with Crippen LogP contribution in [0.5, 0.6) is 0 Å². The van der Waals surface area contributed by atoms with E-state index >= 15 is 0 Å². The highest BCUT2D eigenvalue weighted by Crippen LogP contribution is 2.25. The van der Waals surface area contributed by atoms with E-state index in [1.807, 2.05) is 63.2 Å². The van der Waals surface area contributed by atoms with Gasteiger partial charge in [0.25, 0.3) is 0 Å². The topological polar surface area (TPSA) is 66.5 Å². The van der Waals surface area contributed by atoms with Gasteiger partial charge in [-0.25, -0.2) is 8.42 Å². The van der Waals surface area contributed by atoms with Crippen LogP contribution in [0.15, 0.2) is 53.4 Å². The summed E-state index contributed by atoms with van der Waals surface area (Å²) in [5, 5.41) is 2.89. The number of thioether (sulfide) groups is 1. The van der Waals surface area contributed by atoms with Crippen LogP contribution in [0.25, 0.3) is 0 Å². The number of amides is 1. The van der Waals surface area contributed by atoms with Crippen molar-refractivity contribution < 1.29 is 13.2 Å². The van der Waals surface area contributed by atoms with E-state index in [4.69, 9.17) is 0 Å². The summed E-state index contributed by atoms with van der Waals surface area (Å²) in [6.07, 6.45) is 1.53. The van der Waals surface area contributed by atoms with Crippen molar-refractivity contribution in [3.8, 4) is 0 Å². The molecule has 0 aliphatic rings. The molecule has 0 spiro atoms. The first-order valence-electron chi connectivity index (χ1n) is 9.26. The molecule has 2 aromatic rings. The Morgan fingerprint density at radius 3 is 2.36 bits per heavy atom. The summed E-state index contributed by atoms with van der Waals surface area (Å²) in [6.45, 7) is 6.20. The van der Waals surface area contributed by atoms with Crippen molar-refractivity contribution in [1.29, 1.82) is 0 Å². The minimum atomic E-state index is -3.61. The van der Waals surface area contributed by atoms with Gasteiger partial charge in [-0.15, -0.1) is 11.8 Å². The average Bonchev–Trinajstić information content (AvgIpc) is 2.65. The number of sulfonamides is 1. The molecule has 0 saturated heterocycles. The predicted molar refractivity (Wildman–Crippen MR) is 117 cm³/mol. The second kappa shape index (κ2) is 9.98. The van der Waals surface area contributed by atoms with Crippen LogP contribution in [0, 0.1) is 13.8 Å². The van der Waals surface area contributed by atoms with Gasteiger partial charge < -0.3 is 5.32 Å². The first-order valence-corrected chi connectivity index (χ1v) is 12.1. The number of anilines is 1. The third kappa shape index (κ3) is 6.01. The molecule has 1 amide bonds. The number of hydrogen-bond acceptors (Lipinski definition) is 4. The van der Waals surface area contributed by atoms with Crippen LogP contribution in [0.3, 0.4) is 0 Å². The fourth-order valence-corrected chi connectivity index (χ4v) is 4.89. The molecular weight excluding hydrogens is 392 g/mol. The minimum absolute atomic E-state index is 0.278. The average molecular weight is 421 g/mol. The maximum Gasteiger partial charge on any atom is 0.243 e. The van der Waals surface area contributed by atoms with Gasteiger partial charge in [0.15, 0.2) is 0 Å². The van der Waals surface area contributed by atoms with E-state index in [0.29, 0.717) is 24.4 Å². The molecule has 0 fully saturated rings. The molecule has 1 atom stereocenters. The molecule has 0 unspecified atom stereocenters. The van der Waals surface area contributed by atoms with E-state index in [9.17, 15) is 13.2 Å². The Labute approximate surface area is 172 Å². The maximum absolute atomic E-state index is 12.8. The first-order chi connectivity index (χ1) is 13.2. The minimum Gasteiger partial charge on any atom is -0.353 e. The second-order valence-corrected chi connectivity index (χ2v) is 9.73. The second-order valence-electron chi connectivity index (χ2n) is 6.70. The molecule has 0 bridgehead atoms. The largest absolute Gasteiger partial charge is 0.353 e. The number of nitrogens with one attached hydrogen (secondary N) is 1. The maximum atomic E-state index is 12.8. The molecule has 0 radical (unpaired) electrons. The number of rotatable bonds is 9. The highest BCUT2D eigenvalue weighted by Gasteiger charge is 2.31. The van der Waals surface area contributed by atoms with Crippen molar-refractivity contribution in [3.63, 3.8) is 0 Å². The van der Waals surface area contributed by atoms with Gasteiger partial charge in [0.05, 0.1) is 11.9 Å². The van der Waals surface area contributed by atoms with Crippen molar-refractivity contribution in [2.45, 2.75) is 38.1 Å². The Bertz CT molecular complexity index is 899. The van der Waals surface area contributed by atoms with E-state index in [0.717, 1.165) is 22.3 Å². The predicted octanol–water partition coefficient (Wildman–Crippen LogP) is 3.76. The summed E-state index contributed by atoms with van der Waals surface area (Å²) in [4.78, 5) is 13.9. The van der Waals surface area contributed by atoms with Crippen LogP contribution < -0.4 is 9.62 Å². The number of carbonyl (C=O) groups is 1. The SMILES string of the molecule is CC[C@@H](C(=O)NCCSc1ccccc1)N(c1ccc(C)c(C)c1)S(C)(=O)=O. The monoisotopic (exact) mass is 420 g/mol. The zero-order valence-corrected chi connectivity index (χ0v) is 18.4. The molecule has 1 N–H and O–H groups in total. The third-order valence-electron chi connectivity index (χ3n) is 4.49. The lowest BCUT2D eigenvalue weighted by molar-refractivity contribution is -0.122. The third-order valence-corrected chi connectivity index (χ3v) is 6.68. The summed E-state index contributed by atoms with van der Waals surface area (Å²) in [6, 6.07) is 14.6. The van der Waals surface area contributed by atoms with E-state index in [-0.39, 0.29) is 5.91 Å². The van der Waals surface area contributed by atoms with Crippen molar-refractivity contribution in [3.05, 3.63) is 59.7 Å².